The second-order valence-electron chi connectivity index (χ2n) is 1.41. The van der Waals surface area contributed by atoms with E-state index in [1.807, 2.05) is 6.92 Å². The van der Waals surface area contributed by atoms with Crippen LogP contribution in [0, 0.1) is 0 Å². The van der Waals surface area contributed by atoms with Crippen LogP contribution in [0.5, 0.6) is 0 Å². The lowest BCUT2D eigenvalue weighted by Crippen LogP contribution is -1.82. The first-order valence-electron chi connectivity index (χ1n) is 2.74. The van der Waals surface area contributed by atoms with E-state index in [1.165, 1.54) is 0 Å². The molecule has 9 heavy (non-hydrogen) atoms. The maximum absolute atomic E-state index is 8.41. The van der Waals surface area contributed by atoms with Gasteiger partial charge in [-0.05, 0) is 5.75 Å². The molecule has 0 atom stereocenters. The van der Waals surface area contributed by atoms with Gasteiger partial charge in [-0.15, -0.1) is 11.8 Å². The van der Waals surface area contributed by atoms with Crippen LogP contribution >= 0.6 is 11.8 Å². The average molecular weight is 145 g/mol. The fourth-order valence-electron chi connectivity index (χ4n) is 0.227. The van der Waals surface area contributed by atoms with Gasteiger partial charge in [-0.2, -0.15) is 0 Å². The van der Waals surface area contributed by atoms with E-state index in [4.69, 9.17) is 5.11 Å². The van der Waals surface area contributed by atoms with Gasteiger partial charge in [0.1, 0.15) is 0 Å². The second-order valence-corrected chi connectivity index (χ2v) is 2.54. The smallest absolute Gasteiger partial charge is 0.0847 e. The van der Waals surface area contributed by atoms with Gasteiger partial charge in [-0.3, -0.25) is 4.99 Å². The zero-order chi connectivity index (χ0) is 7.11. The first kappa shape index (κ1) is 8.72. The normalized spacial score (nSPS) is 10.4. The van der Waals surface area contributed by atoms with E-state index < -0.39 is 0 Å². The molecule has 0 aromatic rings. The van der Waals surface area contributed by atoms with Crippen LogP contribution in [-0.4, -0.2) is 23.0 Å². The third kappa shape index (κ3) is 5.59. The molecule has 0 saturated carbocycles. The Hall–Kier alpha value is -0.280. The Kier molecular flexibility index (Phi) is 5.67. The van der Waals surface area contributed by atoms with Gasteiger partial charge in [0.05, 0.1) is 17.9 Å². The lowest BCUT2D eigenvalue weighted by Gasteiger charge is -1.88. The van der Waals surface area contributed by atoms with Crippen LogP contribution in [0.15, 0.2) is 17.3 Å². The van der Waals surface area contributed by atoms with Crippen LogP contribution in [-0.2, 0) is 0 Å². The van der Waals surface area contributed by atoms with Crippen LogP contribution < -0.4 is 0 Å². The van der Waals surface area contributed by atoms with Gasteiger partial charge in [0.25, 0.3) is 0 Å². The second kappa shape index (κ2) is 5.85. The molecule has 0 rings (SSSR count). The Bertz CT molecular complexity index is 112. The molecule has 0 aliphatic heterocycles. The fraction of sp³-hybridized carbons (Fsp3) is 0.500. The molecule has 3 heteroatoms. The van der Waals surface area contributed by atoms with Crippen molar-refractivity contribution in [3.8, 4) is 0 Å². The highest BCUT2D eigenvalue weighted by atomic mass is 32.2. The van der Waals surface area contributed by atoms with Crippen molar-refractivity contribution < 1.29 is 5.11 Å². The SMILES string of the molecule is C=C(CO)/N=C\SCC. The third-order valence-electron chi connectivity index (χ3n) is 0.659. The van der Waals surface area contributed by atoms with Crippen molar-refractivity contribution in [2.45, 2.75) is 6.92 Å². The maximum Gasteiger partial charge on any atom is 0.0847 e. The highest BCUT2D eigenvalue weighted by molar-refractivity contribution is 8.12. The highest BCUT2D eigenvalue weighted by Crippen LogP contribution is 1.95. The van der Waals surface area contributed by atoms with E-state index in [9.17, 15) is 0 Å². The molecule has 0 radical (unpaired) electrons. The first-order chi connectivity index (χ1) is 4.31. The molecule has 0 fully saturated rings. The van der Waals surface area contributed by atoms with Gasteiger partial charge in [-0.25, -0.2) is 0 Å². The molecule has 0 aromatic carbocycles. The zero-order valence-electron chi connectivity index (χ0n) is 5.50. The summed E-state index contributed by atoms with van der Waals surface area (Å²) in [5.41, 5.74) is 2.20. The standard InChI is InChI=1S/C6H11NOS/c1-3-9-5-7-6(2)4-8/h5,8H,2-4H2,1H3/b7-5-. The summed E-state index contributed by atoms with van der Waals surface area (Å²) in [6.07, 6.45) is 0. The van der Waals surface area contributed by atoms with Gasteiger partial charge < -0.3 is 5.11 Å². The van der Waals surface area contributed by atoms with Crippen molar-refractivity contribution >= 4 is 17.3 Å². The quantitative estimate of drug-likeness (QED) is 0.477. The lowest BCUT2D eigenvalue weighted by atomic mass is 10.6. The first-order valence-corrected chi connectivity index (χ1v) is 3.79. The van der Waals surface area contributed by atoms with Gasteiger partial charge in [-0.1, -0.05) is 13.5 Å². The summed E-state index contributed by atoms with van der Waals surface area (Å²) in [4.78, 5) is 3.83. The van der Waals surface area contributed by atoms with E-state index in [0.29, 0.717) is 5.70 Å². The molecule has 52 valence electrons. The van der Waals surface area contributed by atoms with E-state index in [-0.39, 0.29) is 6.61 Å². The topological polar surface area (TPSA) is 32.6 Å². The Morgan fingerprint density at radius 1 is 1.89 bits per heavy atom. The molecule has 0 bridgehead atoms. The van der Waals surface area contributed by atoms with E-state index in [0.717, 1.165) is 5.75 Å². The van der Waals surface area contributed by atoms with Crippen LogP contribution in [0.25, 0.3) is 0 Å². The number of rotatable bonds is 4. The third-order valence-corrected chi connectivity index (χ3v) is 1.25. The number of hydrogen-bond acceptors (Lipinski definition) is 3. The minimum Gasteiger partial charge on any atom is -0.390 e. The Morgan fingerprint density at radius 3 is 3.00 bits per heavy atom. The summed E-state index contributed by atoms with van der Waals surface area (Å²) in [7, 11) is 0. The Morgan fingerprint density at radius 2 is 2.56 bits per heavy atom. The predicted molar refractivity (Wildman–Crippen MR) is 42.8 cm³/mol. The summed E-state index contributed by atoms with van der Waals surface area (Å²) in [6, 6.07) is 0. The largest absolute Gasteiger partial charge is 0.390 e. The molecule has 1 N–H and O–H groups in total. The molecule has 0 aromatic heterocycles. The van der Waals surface area contributed by atoms with Crippen LogP contribution in [0.3, 0.4) is 0 Å². The molecular weight excluding hydrogens is 134 g/mol. The van der Waals surface area contributed by atoms with E-state index in [2.05, 4.69) is 11.6 Å². The average Bonchev–Trinajstić information content (AvgIpc) is 1.89. The monoisotopic (exact) mass is 145 g/mol. The number of hydrogen-bond donors (Lipinski definition) is 1. The molecule has 0 heterocycles. The zero-order valence-corrected chi connectivity index (χ0v) is 6.32. The molecule has 0 spiro atoms. The van der Waals surface area contributed by atoms with Crippen molar-refractivity contribution in [2.75, 3.05) is 12.4 Å². The molecule has 0 unspecified atom stereocenters. The van der Waals surface area contributed by atoms with E-state index >= 15 is 0 Å². The van der Waals surface area contributed by atoms with Gasteiger partial charge in [0.15, 0.2) is 0 Å². The Balaban J connectivity index is 3.32. The number of thioether (sulfide) groups is 1. The molecule has 0 amide bonds. The van der Waals surface area contributed by atoms with Crippen molar-refractivity contribution in [2.24, 2.45) is 4.99 Å². The highest BCUT2D eigenvalue weighted by Gasteiger charge is 1.81. The minimum absolute atomic E-state index is 0.0548. The van der Waals surface area contributed by atoms with Crippen LogP contribution in [0.4, 0.5) is 0 Å². The molecular formula is C6H11NOS. The van der Waals surface area contributed by atoms with Gasteiger partial charge in [0.2, 0.25) is 0 Å². The van der Waals surface area contributed by atoms with E-state index in [1.54, 1.807) is 17.3 Å². The fourth-order valence-corrected chi connectivity index (χ4v) is 0.600. The van der Waals surface area contributed by atoms with Crippen molar-refractivity contribution in [3.05, 3.63) is 12.3 Å². The van der Waals surface area contributed by atoms with Crippen molar-refractivity contribution in [1.82, 2.24) is 0 Å². The van der Waals surface area contributed by atoms with Gasteiger partial charge >= 0.3 is 0 Å². The summed E-state index contributed by atoms with van der Waals surface area (Å²) < 4.78 is 0. The molecule has 0 aliphatic rings. The molecule has 0 aliphatic carbocycles. The summed E-state index contributed by atoms with van der Waals surface area (Å²) in [5.74, 6) is 1.00. The predicted octanol–water partition coefficient (Wildman–Crippen LogP) is 1.27. The number of aliphatic hydroxyl groups excluding tert-OH is 1. The van der Waals surface area contributed by atoms with Crippen LogP contribution in [0.1, 0.15) is 6.92 Å². The number of nitrogens with zero attached hydrogens (tertiary/aromatic N) is 1. The summed E-state index contributed by atoms with van der Waals surface area (Å²) >= 11 is 1.59. The molecule has 2 nitrogen and oxygen atoms in total. The molecule has 0 saturated heterocycles. The van der Waals surface area contributed by atoms with Crippen LogP contribution in [0.2, 0.25) is 0 Å². The Labute approximate surface area is 59.7 Å². The number of aliphatic imine (C=N–C) groups is 1. The van der Waals surface area contributed by atoms with Crippen molar-refractivity contribution in [3.63, 3.8) is 0 Å². The maximum atomic E-state index is 8.41. The lowest BCUT2D eigenvalue weighted by molar-refractivity contribution is 0.330. The number of aliphatic hydroxyl groups is 1. The minimum atomic E-state index is -0.0548. The van der Waals surface area contributed by atoms with Gasteiger partial charge in [0, 0.05) is 0 Å². The summed E-state index contributed by atoms with van der Waals surface area (Å²) in [6.45, 7) is 5.47. The summed E-state index contributed by atoms with van der Waals surface area (Å²) in [5, 5.41) is 8.41. The van der Waals surface area contributed by atoms with Crippen molar-refractivity contribution in [1.29, 1.82) is 0 Å².